The number of amides is 1. The molecule has 1 aliphatic rings. The van der Waals surface area contributed by atoms with Gasteiger partial charge in [-0.15, -0.1) is 11.3 Å². The van der Waals surface area contributed by atoms with Crippen LogP contribution in [-0.4, -0.2) is 41.2 Å². The lowest BCUT2D eigenvalue weighted by Crippen LogP contribution is -2.47. The van der Waals surface area contributed by atoms with E-state index in [0.29, 0.717) is 24.5 Å². The molecule has 0 saturated carbocycles. The topological polar surface area (TPSA) is 83.5 Å². The van der Waals surface area contributed by atoms with Crippen LogP contribution in [0.15, 0.2) is 58.4 Å². The Kier molecular flexibility index (Phi) is 6.24. The molecule has 5 rings (SSSR count). The Morgan fingerprint density at radius 3 is 2.79 bits per heavy atom. The van der Waals surface area contributed by atoms with Crippen molar-refractivity contribution in [3.63, 3.8) is 0 Å². The van der Waals surface area contributed by atoms with Crippen molar-refractivity contribution in [1.82, 2.24) is 14.3 Å². The van der Waals surface area contributed by atoms with Gasteiger partial charge >= 0.3 is 0 Å². The average Bonchev–Trinajstić information content (AvgIpc) is 3.61. The second kappa shape index (κ2) is 9.18. The number of carbonyl (C=O) groups excluding carboxylic acids is 1. The molecule has 1 atom stereocenters. The maximum atomic E-state index is 14.0. The van der Waals surface area contributed by atoms with Crippen LogP contribution >= 0.6 is 22.7 Å². The number of rotatable bonds is 6. The zero-order valence-corrected chi connectivity index (χ0v) is 21.3. The minimum atomic E-state index is -3.74. The maximum Gasteiger partial charge on any atom is 0.253 e. The van der Waals surface area contributed by atoms with Crippen LogP contribution in [0, 0.1) is 13.8 Å². The van der Waals surface area contributed by atoms with E-state index in [9.17, 15) is 13.2 Å². The number of anilines is 1. The van der Waals surface area contributed by atoms with Gasteiger partial charge in [-0.1, -0.05) is 29.5 Å². The van der Waals surface area contributed by atoms with E-state index in [1.54, 1.807) is 34.8 Å². The number of benzene rings is 1. The Balaban J connectivity index is 1.55. The number of nitrogens with zero attached hydrogens (tertiary/aromatic N) is 4. The predicted molar refractivity (Wildman–Crippen MR) is 136 cm³/mol. The molecule has 1 amide bonds. The van der Waals surface area contributed by atoms with Gasteiger partial charge in [0.15, 0.2) is 5.13 Å². The molecule has 3 aromatic heterocycles. The second-order valence-electron chi connectivity index (χ2n) is 8.34. The number of pyridine rings is 1. The van der Waals surface area contributed by atoms with Gasteiger partial charge in [0.2, 0.25) is 5.91 Å². The fraction of sp³-hybridized carbons (Fsp3) is 0.292. The monoisotopic (exact) mass is 512 g/mol. The van der Waals surface area contributed by atoms with Gasteiger partial charge in [-0.05, 0) is 67.0 Å². The van der Waals surface area contributed by atoms with E-state index < -0.39 is 16.1 Å². The van der Waals surface area contributed by atoms with E-state index in [0.717, 1.165) is 26.9 Å². The summed E-state index contributed by atoms with van der Waals surface area (Å²) in [6.07, 6.45) is 4.53. The van der Waals surface area contributed by atoms with Gasteiger partial charge in [-0.2, -0.15) is 4.31 Å². The zero-order chi connectivity index (χ0) is 23.9. The van der Waals surface area contributed by atoms with Crippen molar-refractivity contribution in [3.8, 4) is 0 Å². The summed E-state index contributed by atoms with van der Waals surface area (Å²) in [6.45, 7) is 4.67. The molecule has 10 heteroatoms. The number of fused-ring (bicyclic) bond motifs is 1. The van der Waals surface area contributed by atoms with Crippen molar-refractivity contribution >= 4 is 54.0 Å². The molecule has 1 fully saturated rings. The SMILES string of the molecule is Cc1ccc2sc(N(Cc3cccnc3)C(=O)C3CCCN3S(=O)(=O)c3cccs3)nc2c1C. The van der Waals surface area contributed by atoms with Crippen LogP contribution in [0.4, 0.5) is 5.13 Å². The lowest BCUT2D eigenvalue weighted by molar-refractivity contribution is -0.121. The number of sulfonamides is 1. The van der Waals surface area contributed by atoms with E-state index in [-0.39, 0.29) is 16.7 Å². The number of aryl methyl sites for hydroxylation is 2. The van der Waals surface area contributed by atoms with Crippen molar-refractivity contribution in [2.75, 3.05) is 11.4 Å². The van der Waals surface area contributed by atoms with Crippen molar-refractivity contribution in [3.05, 3.63) is 70.9 Å². The first-order valence-corrected chi connectivity index (χ1v) is 14.1. The molecule has 0 spiro atoms. The van der Waals surface area contributed by atoms with Gasteiger partial charge in [-0.25, -0.2) is 13.4 Å². The van der Waals surface area contributed by atoms with Crippen LogP contribution < -0.4 is 4.90 Å². The molecule has 1 aliphatic heterocycles. The van der Waals surface area contributed by atoms with E-state index in [4.69, 9.17) is 4.98 Å². The van der Waals surface area contributed by atoms with Gasteiger partial charge < -0.3 is 0 Å². The lowest BCUT2D eigenvalue weighted by Gasteiger charge is -2.28. The number of thiazole rings is 1. The summed E-state index contributed by atoms with van der Waals surface area (Å²) >= 11 is 2.62. The first-order valence-electron chi connectivity index (χ1n) is 11.0. The molecule has 1 unspecified atom stereocenters. The summed E-state index contributed by atoms with van der Waals surface area (Å²) < 4.78 is 29.2. The van der Waals surface area contributed by atoms with Crippen molar-refractivity contribution in [2.45, 2.75) is 43.5 Å². The quantitative estimate of drug-likeness (QED) is 0.372. The van der Waals surface area contributed by atoms with Gasteiger partial charge in [0.1, 0.15) is 10.3 Å². The first kappa shape index (κ1) is 23.1. The van der Waals surface area contributed by atoms with E-state index in [1.807, 2.05) is 32.0 Å². The third kappa shape index (κ3) is 4.15. The molecule has 1 saturated heterocycles. The lowest BCUT2D eigenvalue weighted by atomic mass is 10.1. The van der Waals surface area contributed by atoms with E-state index in [2.05, 4.69) is 11.1 Å². The second-order valence-corrected chi connectivity index (χ2v) is 12.4. The molecular formula is C24H24N4O3S3. The number of thiophene rings is 1. The van der Waals surface area contributed by atoms with E-state index >= 15 is 0 Å². The first-order chi connectivity index (χ1) is 16.4. The van der Waals surface area contributed by atoms with Crippen LogP contribution in [0.1, 0.15) is 29.5 Å². The molecule has 7 nitrogen and oxygen atoms in total. The number of hydrogen-bond acceptors (Lipinski definition) is 7. The van der Waals surface area contributed by atoms with Gasteiger partial charge in [-0.3, -0.25) is 14.7 Å². The molecular weight excluding hydrogens is 488 g/mol. The predicted octanol–water partition coefficient (Wildman–Crippen LogP) is 4.76. The number of aromatic nitrogens is 2. The highest BCUT2D eigenvalue weighted by Gasteiger charge is 2.42. The summed E-state index contributed by atoms with van der Waals surface area (Å²) in [6, 6.07) is 10.3. The molecule has 34 heavy (non-hydrogen) atoms. The summed E-state index contributed by atoms with van der Waals surface area (Å²) in [4.78, 5) is 24.6. The number of carbonyl (C=O) groups is 1. The molecule has 4 aromatic rings. The fourth-order valence-electron chi connectivity index (χ4n) is 4.22. The number of hydrogen-bond donors (Lipinski definition) is 0. The fourth-order valence-corrected chi connectivity index (χ4v) is 8.02. The minimum Gasteiger partial charge on any atom is -0.282 e. The Morgan fingerprint density at radius 1 is 1.21 bits per heavy atom. The Labute approximate surface area is 206 Å². The van der Waals surface area contributed by atoms with Crippen LogP contribution in [0.5, 0.6) is 0 Å². The van der Waals surface area contributed by atoms with Crippen LogP contribution in [0.2, 0.25) is 0 Å². The summed E-state index contributed by atoms with van der Waals surface area (Å²) in [7, 11) is -3.74. The molecule has 176 valence electrons. The van der Waals surface area contributed by atoms with Crippen molar-refractivity contribution < 1.29 is 13.2 Å². The van der Waals surface area contributed by atoms with Crippen LogP contribution in [-0.2, 0) is 21.4 Å². The zero-order valence-electron chi connectivity index (χ0n) is 18.8. The molecule has 1 aromatic carbocycles. The normalized spacial score (nSPS) is 16.8. The van der Waals surface area contributed by atoms with Gasteiger partial charge in [0.25, 0.3) is 10.0 Å². The molecule has 4 heterocycles. The smallest absolute Gasteiger partial charge is 0.253 e. The summed E-state index contributed by atoms with van der Waals surface area (Å²) in [5, 5.41) is 2.30. The standard InChI is InChI=1S/C24H24N4O3S3/c1-16-9-10-20-22(17(16)2)26-24(33-20)27(15-18-6-3-11-25-14-18)23(29)19-7-4-12-28(19)34(30,31)21-8-5-13-32-21/h3,5-6,8-11,13-14,19H,4,7,12,15H2,1-2H3. The average molecular weight is 513 g/mol. The minimum absolute atomic E-state index is 0.255. The molecule has 0 radical (unpaired) electrons. The Morgan fingerprint density at radius 2 is 2.06 bits per heavy atom. The third-order valence-electron chi connectivity index (χ3n) is 6.18. The van der Waals surface area contributed by atoms with Gasteiger partial charge in [0, 0.05) is 18.9 Å². The Bertz CT molecular complexity index is 1430. The Hall–Kier alpha value is -2.66. The largest absolute Gasteiger partial charge is 0.282 e. The maximum absolute atomic E-state index is 14.0. The highest BCUT2D eigenvalue weighted by molar-refractivity contribution is 7.91. The third-order valence-corrected chi connectivity index (χ3v) is 10.5. The van der Waals surface area contributed by atoms with Crippen molar-refractivity contribution in [2.24, 2.45) is 0 Å². The van der Waals surface area contributed by atoms with Crippen LogP contribution in [0.3, 0.4) is 0 Å². The molecule has 0 aliphatic carbocycles. The van der Waals surface area contributed by atoms with Gasteiger partial charge in [0.05, 0.1) is 16.8 Å². The van der Waals surface area contributed by atoms with Crippen LogP contribution in [0.25, 0.3) is 10.2 Å². The summed E-state index contributed by atoms with van der Waals surface area (Å²) in [5.74, 6) is -0.255. The summed E-state index contributed by atoms with van der Waals surface area (Å²) in [5.41, 5.74) is 3.95. The highest BCUT2D eigenvalue weighted by Crippen LogP contribution is 2.35. The molecule has 0 N–H and O–H groups in total. The highest BCUT2D eigenvalue weighted by atomic mass is 32.2. The molecule has 0 bridgehead atoms. The van der Waals surface area contributed by atoms with E-state index in [1.165, 1.54) is 27.0 Å². The van der Waals surface area contributed by atoms with Crippen molar-refractivity contribution in [1.29, 1.82) is 0 Å².